The average molecular weight is 341 g/mol. The molecule has 2 rings (SSSR count). The van der Waals surface area contributed by atoms with Crippen LogP contribution in [0.1, 0.15) is 24.8 Å². The van der Waals surface area contributed by atoms with Gasteiger partial charge in [0.1, 0.15) is 5.75 Å². The first kappa shape index (κ1) is 17.9. The van der Waals surface area contributed by atoms with E-state index in [1.165, 1.54) is 12.1 Å². The predicted molar refractivity (Wildman–Crippen MR) is 71.7 cm³/mol. The first-order valence-electron chi connectivity index (χ1n) is 7.23. The lowest BCUT2D eigenvalue weighted by atomic mass is 9.73. The summed E-state index contributed by atoms with van der Waals surface area (Å²) in [4.78, 5) is 0. The maximum atomic E-state index is 13.1. The monoisotopic (exact) mass is 341 g/mol. The zero-order chi connectivity index (χ0) is 17.3. The molecular weight excluding hydrogens is 324 g/mol. The summed E-state index contributed by atoms with van der Waals surface area (Å²) >= 11 is 0. The number of ether oxygens (including phenoxy) is 1. The number of alkyl halides is 6. The van der Waals surface area contributed by atoms with Gasteiger partial charge in [0.25, 0.3) is 0 Å². The first-order valence-corrected chi connectivity index (χ1v) is 7.23. The van der Waals surface area contributed by atoms with Crippen LogP contribution >= 0.6 is 0 Å². The van der Waals surface area contributed by atoms with Gasteiger partial charge in [-0.15, -0.1) is 13.2 Å². The second kappa shape index (κ2) is 6.59. The topological polar surface area (TPSA) is 35.2 Å². The van der Waals surface area contributed by atoms with Crippen molar-refractivity contribution < 1.29 is 31.1 Å². The maximum absolute atomic E-state index is 13.1. The Balaban J connectivity index is 2.09. The fourth-order valence-corrected chi connectivity index (χ4v) is 3.10. The molecule has 0 spiro atoms. The van der Waals surface area contributed by atoms with Crippen LogP contribution in [0.25, 0.3) is 0 Å². The normalized spacial score (nSPS) is 26.1. The molecular formula is C15H17F6NO. The second-order valence-electron chi connectivity index (χ2n) is 5.80. The molecule has 1 saturated carbocycles. The van der Waals surface area contributed by atoms with Crippen molar-refractivity contribution in [2.75, 3.05) is 0 Å². The quantitative estimate of drug-likeness (QED) is 0.826. The van der Waals surface area contributed by atoms with Crippen LogP contribution in [0.2, 0.25) is 0 Å². The third-order valence-corrected chi connectivity index (χ3v) is 4.17. The van der Waals surface area contributed by atoms with Crippen molar-refractivity contribution >= 4 is 0 Å². The third kappa shape index (κ3) is 5.02. The first-order chi connectivity index (χ1) is 10.6. The maximum Gasteiger partial charge on any atom is 0.573 e. The Morgan fingerprint density at radius 1 is 1.00 bits per heavy atom. The molecule has 0 saturated heterocycles. The minimum Gasteiger partial charge on any atom is -0.406 e. The Morgan fingerprint density at radius 3 is 2.13 bits per heavy atom. The molecule has 1 aromatic carbocycles. The van der Waals surface area contributed by atoms with E-state index >= 15 is 0 Å². The van der Waals surface area contributed by atoms with E-state index in [9.17, 15) is 26.3 Å². The summed E-state index contributed by atoms with van der Waals surface area (Å²) in [5, 5.41) is 0. The van der Waals surface area contributed by atoms with E-state index in [0.717, 1.165) is 12.1 Å². The van der Waals surface area contributed by atoms with E-state index in [2.05, 4.69) is 4.74 Å². The van der Waals surface area contributed by atoms with Crippen molar-refractivity contribution in [3.8, 4) is 5.75 Å². The second-order valence-corrected chi connectivity index (χ2v) is 5.80. The summed E-state index contributed by atoms with van der Waals surface area (Å²) in [5.41, 5.74) is 6.36. The summed E-state index contributed by atoms with van der Waals surface area (Å²) in [7, 11) is 0. The summed E-state index contributed by atoms with van der Waals surface area (Å²) in [6, 6.07) is 4.31. The molecule has 0 aromatic heterocycles. The Labute approximate surface area is 129 Å². The van der Waals surface area contributed by atoms with Crippen LogP contribution in [0, 0.1) is 11.8 Å². The molecule has 0 heterocycles. The zero-order valence-electron chi connectivity index (χ0n) is 12.1. The largest absolute Gasteiger partial charge is 0.573 e. The van der Waals surface area contributed by atoms with Crippen molar-refractivity contribution in [2.24, 2.45) is 17.6 Å². The predicted octanol–water partition coefficient (Wildman–Crippen LogP) is 4.43. The fraction of sp³-hybridized carbons (Fsp3) is 0.600. The van der Waals surface area contributed by atoms with Gasteiger partial charge in [0.2, 0.25) is 0 Å². The molecule has 0 amide bonds. The van der Waals surface area contributed by atoms with Gasteiger partial charge < -0.3 is 10.5 Å². The molecule has 130 valence electrons. The summed E-state index contributed by atoms with van der Waals surface area (Å²) in [6.45, 7) is 0. The summed E-state index contributed by atoms with van der Waals surface area (Å²) in [6.07, 6.45) is -8.04. The SMILES string of the molecule is NC1CCCC(C(F)(F)F)C1Cc1ccc(OC(F)(F)F)cc1. The smallest absolute Gasteiger partial charge is 0.406 e. The minimum atomic E-state index is -4.80. The lowest BCUT2D eigenvalue weighted by Crippen LogP contribution is -2.45. The molecule has 1 fully saturated rings. The molecule has 3 unspecified atom stereocenters. The molecule has 23 heavy (non-hydrogen) atoms. The number of hydrogen-bond acceptors (Lipinski definition) is 2. The van der Waals surface area contributed by atoms with Crippen LogP contribution in [0.4, 0.5) is 26.3 Å². The fourth-order valence-electron chi connectivity index (χ4n) is 3.10. The highest BCUT2D eigenvalue weighted by Gasteiger charge is 2.47. The molecule has 1 aliphatic carbocycles. The van der Waals surface area contributed by atoms with Gasteiger partial charge in [0.15, 0.2) is 0 Å². The lowest BCUT2D eigenvalue weighted by molar-refractivity contribution is -0.274. The van der Waals surface area contributed by atoms with E-state index in [4.69, 9.17) is 5.73 Å². The Kier molecular flexibility index (Phi) is 5.13. The van der Waals surface area contributed by atoms with Gasteiger partial charge >= 0.3 is 12.5 Å². The van der Waals surface area contributed by atoms with Gasteiger partial charge in [0.05, 0.1) is 5.92 Å². The van der Waals surface area contributed by atoms with E-state index in [-0.39, 0.29) is 12.8 Å². The third-order valence-electron chi connectivity index (χ3n) is 4.17. The number of hydrogen-bond donors (Lipinski definition) is 1. The molecule has 0 bridgehead atoms. The van der Waals surface area contributed by atoms with Crippen LogP contribution in [-0.2, 0) is 6.42 Å². The van der Waals surface area contributed by atoms with E-state index < -0.39 is 36.2 Å². The molecule has 1 aliphatic rings. The molecule has 2 nitrogen and oxygen atoms in total. The highest BCUT2D eigenvalue weighted by Crippen LogP contribution is 2.42. The summed E-state index contributed by atoms with van der Waals surface area (Å²) in [5.74, 6) is -2.64. The van der Waals surface area contributed by atoms with Gasteiger partial charge in [-0.05, 0) is 42.9 Å². The molecule has 2 N–H and O–H groups in total. The van der Waals surface area contributed by atoms with Gasteiger partial charge in [-0.2, -0.15) is 13.2 Å². The van der Waals surface area contributed by atoms with Gasteiger partial charge in [-0.1, -0.05) is 18.6 Å². The van der Waals surface area contributed by atoms with Crippen LogP contribution in [0.5, 0.6) is 5.75 Å². The van der Waals surface area contributed by atoms with Gasteiger partial charge in [-0.25, -0.2) is 0 Å². The van der Waals surface area contributed by atoms with Crippen LogP contribution in [0.3, 0.4) is 0 Å². The van der Waals surface area contributed by atoms with Crippen LogP contribution < -0.4 is 10.5 Å². The lowest BCUT2D eigenvalue weighted by Gasteiger charge is -2.37. The molecule has 8 heteroatoms. The molecule has 0 radical (unpaired) electrons. The number of rotatable bonds is 3. The van der Waals surface area contributed by atoms with Crippen molar-refractivity contribution in [1.29, 1.82) is 0 Å². The Bertz CT molecular complexity index is 510. The minimum absolute atomic E-state index is 0.0388. The molecule has 3 atom stereocenters. The van der Waals surface area contributed by atoms with Crippen molar-refractivity contribution in [3.63, 3.8) is 0 Å². The average Bonchev–Trinajstić information content (AvgIpc) is 2.40. The highest BCUT2D eigenvalue weighted by atomic mass is 19.4. The van der Waals surface area contributed by atoms with Crippen molar-refractivity contribution in [2.45, 2.75) is 44.3 Å². The number of halogens is 6. The number of nitrogens with two attached hydrogens (primary N) is 1. The number of benzene rings is 1. The standard InChI is InChI=1S/C15H17F6NO/c16-14(17,18)12-2-1-3-13(22)11(12)8-9-4-6-10(7-5-9)23-15(19,20)21/h4-7,11-13H,1-3,8,22H2. The zero-order valence-corrected chi connectivity index (χ0v) is 12.1. The van der Waals surface area contributed by atoms with E-state index in [1.54, 1.807) is 0 Å². The highest BCUT2D eigenvalue weighted by molar-refractivity contribution is 5.28. The van der Waals surface area contributed by atoms with Crippen molar-refractivity contribution in [1.82, 2.24) is 0 Å². The van der Waals surface area contributed by atoms with Crippen LogP contribution in [0.15, 0.2) is 24.3 Å². The van der Waals surface area contributed by atoms with Gasteiger partial charge in [-0.3, -0.25) is 0 Å². The molecule has 1 aromatic rings. The van der Waals surface area contributed by atoms with Crippen LogP contribution in [-0.4, -0.2) is 18.6 Å². The van der Waals surface area contributed by atoms with Crippen molar-refractivity contribution in [3.05, 3.63) is 29.8 Å². The Hall–Kier alpha value is -1.44. The van der Waals surface area contributed by atoms with E-state index in [0.29, 0.717) is 18.4 Å². The van der Waals surface area contributed by atoms with E-state index in [1.807, 2.05) is 0 Å². The Morgan fingerprint density at radius 2 is 1.61 bits per heavy atom. The summed E-state index contributed by atoms with van der Waals surface area (Å²) < 4.78 is 79.3. The molecule has 0 aliphatic heterocycles. The van der Waals surface area contributed by atoms with Gasteiger partial charge in [0, 0.05) is 6.04 Å².